The maximum absolute atomic E-state index is 9.45. The van der Waals surface area contributed by atoms with Gasteiger partial charge in [0.2, 0.25) is 5.89 Å². The summed E-state index contributed by atoms with van der Waals surface area (Å²) in [7, 11) is 0. The lowest BCUT2D eigenvalue weighted by Gasteiger charge is -2.18. The molecule has 2 aliphatic heterocycles. The van der Waals surface area contributed by atoms with E-state index >= 15 is 0 Å². The van der Waals surface area contributed by atoms with Crippen LogP contribution in [0.25, 0.3) is 0 Å². The van der Waals surface area contributed by atoms with Gasteiger partial charge >= 0.3 is 0 Å². The van der Waals surface area contributed by atoms with Crippen LogP contribution in [-0.2, 0) is 4.74 Å². The third-order valence-electron chi connectivity index (χ3n) is 3.45. The van der Waals surface area contributed by atoms with Gasteiger partial charge in [-0.2, -0.15) is 4.98 Å². The monoisotopic (exact) mass is 239 g/mol. The van der Waals surface area contributed by atoms with E-state index in [0.717, 1.165) is 31.9 Å². The maximum Gasteiger partial charge on any atom is 0.243 e. The fourth-order valence-electron chi connectivity index (χ4n) is 2.42. The Balaban J connectivity index is 1.69. The second-order valence-electron chi connectivity index (χ2n) is 4.73. The van der Waals surface area contributed by atoms with E-state index in [1.165, 1.54) is 0 Å². The van der Waals surface area contributed by atoms with E-state index in [1.54, 1.807) is 0 Å². The van der Waals surface area contributed by atoms with Crippen LogP contribution in [0.2, 0.25) is 0 Å². The van der Waals surface area contributed by atoms with Crippen molar-refractivity contribution in [1.82, 2.24) is 15.5 Å². The summed E-state index contributed by atoms with van der Waals surface area (Å²) in [6.45, 7) is 2.14. The molecule has 0 bridgehead atoms. The van der Waals surface area contributed by atoms with Gasteiger partial charge in [0.15, 0.2) is 5.82 Å². The molecule has 2 N–H and O–H groups in total. The van der Waals surface area contributed by atoms with Crippen molar-refractivity contribution >= 4 is 0 Å². The van der Waals surface area contributed by atoms with E-state index in [-0.39, 0.29) is 12.1 Å². The molecule has 1 aromatic rings. The number of hydrogen-bond donors (Lipinski definition) is 2. The number of hydrogen-bond acceptors (Lipinski definition) is 6. The molecule has 6 nitrogen and oxygen atoms in total. The van der Waals surface area contributed by atoms with E-state index < -0.39 is 0 Å². The number of aliphatic hydroxyl groups excluding tert-OH is 1. The molecule has 0 spiro atoms. The van der Waals surface area contributed by atoms with Crippen LogP contribution in [-0.4, -0.2) is 41.1 Å². The van der Waals surface area contributed by atoms with E-state index in [2.05, 4.69) is 15.5 Å². The normalized spacial score (nSPS) is 30.9. The van der Waals surface area contributed by atoms with E-state index in [9.17, 15) is 5.11 Å². The van der Waals surface area contributed by atoms with Crippen LogP contribution in [0.4, 0.5) is 0 Å². The van der Waals surface area contributed by atoms with E-state index in [4.69, 9.17) is 9.26 Å². The van der Waals surface area contributed by atoms with Crippen LogP contribution in [0.5, 0.6) is 0 Å². The van der Waals surface area contributed by atoms with Crippen molar-refractivity contribution in [2.24, 2.45) is 0 Å². The lowest BCUT2D eigenvalue weighted by molar-refractivity contribution is 0.0830. The van der Waals surface area contributed by atoms with Crippen molar-refractivity contribution in [3.63, 3.8) is 0 Å². The van der Waals surface area contributed by atoms with Crippen molar-refractivity contribution in [2.75, 3.05) is 19.8 Å². The van der Waals surface area contributed by atoms with Crippen LogP contribution in [0.15, 0.2) is 4.52 Å². The summed E-state index contributed by atoms with van der Waals surface area (Å²) in [5.41, 5.74) is 0. The van der Waals surface area contributed by atoms with Gasteiger partial charge in [-0.25, -0.2) is 0 Å². The highest BCUT2D eigenvalue weighted by Crippen LogP contribution is 2.27. The van der Waals surface area contributed by atoms with Gasteiger partial charge in [0.25, 0.3) is 0 Å². The summed E-state index contributed by atoms with van der Waals surface area (Å²) in [4.78, 5) is 4.44. The Kier molecular flexibility index (Phi) is 3.09. The van der Waals surface area contributed by atoms with Gasteiger partial charge in [-0.05, 0) is 19.3 Å². The number of nitrogens with zero attached hydrogens (tertiary/aromatic N) is 2. The highest BCUT2D eigenvalue weighted by Gasteiger charge is 2.29. The minimum Gasteiger partial charge on any atom is -0.392 e. The highest BCUT2D eigenvalue weighted by atomic mass is 16.5. The number of aromatic nitrogens is 2. The molecular weight excluding hydrogens is 222 g/mol. The Morgan fingerprint density at radius 1 is 1.29 bits per heavy atom. The number of rotatable bonds is 2. The SMILES string of the molecule is O[C@@H]1CN[C@@H](c2nc(C3CCOCC3)no2)C1. The lowest BCUT2D eigenvalue weighted by atomic mass is 10.00. The van der Waals surface area contributed by atoms with Crippen LogP contribution in [0.1, 0.15) is 42.9 Å². The standard InChI is InChI=1S/C11H17N3O3/c15-8-5-9(12-6-8)11-13-10(14-17-11)7-1-3-16-4-2-7/h7-9,12,15H,1-6H2/t8-,9+/m0/s1. The van der Waals surface area contributed by atoms with E-state index in [0.29, 0.717) is 24.8 Å². The average Bonchev–Trinajstić information content (AvgIpc) is 2.98. The fourth-order valence-corrected chi connectivity index (χ4v) is 2.42. The molecule has 2 saturated heterocycles. The highest BCUT2D eigenvalue weighted by molar-refractivity contribution is 5.01. The van der Waals surface area contributed by atoms with E-state index in [1.807, 2.05) is 0 Å². The predicted octanol–water partition coefficient (Wildman–Crippen LogP) is 0.359. The summed E-state index contributed by atoms with van der Waals surface area (Å²) in [6, 6.07) is 0.00564. The minimum atomic E-state index is -0.307. The first-order chi connectivity index (χ1) is 8.33. The zero-order valence-corrected chi connectivity index (χ0v) is 9.63. The van der Waals surface area contributed by atoms with Gasteiger partial charge in [-0.3, -0.25) is 0 Å². The van der Waals surface area contributed by atoms with Crippen LogP contribution < -0.4 is 5.32 Å². The van der Waals surface area contributed by atoms with Crippen molar-refractivity contribution in [2.45, 2.75) is 37.3 Å². The largest absolute Gasteiger partial charge is 0.392 e. The van der Waals surface area contributed by atoms with Crippen molar-refractivity contribution in [3.05, 3.63) is 11.7 Å². The Hall–Kier alpha value is -0.980. The molecule has 2 aliphatic rings. The van der Waals surface area contributed by atoms with Gasteiger partial charge in [0.1, 0.15) is 0 Å². The molecule has 3 rings (SSSR count). The molecule has 0 amide bonds. The molecule has 0 aliphatic carbocycles. The van der Waals surface area contributed by atoms with Crippen molar-refractivity contribution in [3.8, 4) is 0 Å². The Bertz CT molecular complexity index is 357. The summed E-state index contributed by atoms with van der Waals surface area (Å²) in [6.07, 6.45) is 2.26. The summed E-state index contributed by atoms with van der Waals surface area (Å²) in [5.74, 6) is 1.74. The molecule has 2 fully saturated rings. The average molecular weight is 239 g/mol. The van der Waals surface area contributed by atoms with Crippen LogP contribution in [0, 0.1) is 0 Å². The van der Waals surface area contributed by atoms with Crippen LogP contribution in [0.3, 0.4) is 0 Å². The Morgan fingerprint density at radius 2 is 2.12 bits per heavy atom. The summed E-state index contributed by atoms with van der Waals surface area (Å²) < 4.78 is 10.6. The third kappa shape index (κ3) is 2.34. The van der Waals surface area contributed by atoms with Crippen LogP contribution >= 0.6 is 0 Å². The molecule has 17 heavy (non-hydrogen) atoms. The van der Waals surface area contributed by atoms with Gasteiger partial charge in [-0.1, -0.05) is 5.16 Å². The molecule has 94 valence electrons. The first kappa shape index (κ1) is 11.1. The van der Waals surface area contributed by atoms with Gasteiger partial charge < -0.3 is 19.7 Å². The molecule has 2 atom stereocenters. The second kappa shape index (κ2) is 4.72. The first-order valence-corrected chi connectivity index (χ1v) is 6.15. The number of β-amino-alcohol motifs (C(OH)–C–C–N with tert-alkyl or cyclic N) is 1. The maximum atomic E-state index is 9.45. The van der Waals surface area contributed by atoms with Crippen molar-refractivity contribution in [1.29, 1.82) is 0 Å². The van der Waals surface area contributed by atoms with Gasteiger partial charge in [0.05, 0.1) is 12.1 Å². The second-order valence-corrected chi connectivity index (χ2v) is 4.73. The minimum absolute atomic E-state index is 0.00564. The molecule has 0 radical (unpaired) electrons. The first-order valence-electron chi connectivity index (χ1n) is 6.15. The lowest BCUT2D eigenvalue weighted by Crippen LogP contribution is -2.16. The number of aliphatic hydroxyl groups is 1. The molecule has 0 unspecified atom stereocenters. The molecule has 0 saturated carbocycles. The zero-order chi connectivity index (χ0) is 11.7. The zero-order valence-electron chi connectivity index (χ0n) is 9.63. The quantitative estimate of drug-likeness (QED) is 0.775. The smallest absolute Gasteiger partial charge is 0.243 e. The molecular formula is C11H17N3O3. The van der Waals surface area contributed by atoms with Gasteiger partial charge in [-0.15, -0.1) is 0 Å². The number of ether oxygens (including phenoxy) is 1. The summed E-state index contributed by atoms with van der Waals surface area (Å²) in [5, 5.41) is 16.7. The molecule has 0 aromatic carbocycles. The summed E-state index contributed by atoms with van der Waals surface area (Å²) >= 11 is 0. The Labute approximate surface area is 99.3 Å². The number of nitrogens with one attached hydrogen (secondary N) is 1. The molecule has 6 heteroatoms. The van der Waals surface area contributed by atoms with Gasteiger partial charge in [0, 0.05) is 25.7 Å². The molecule has 3 heterocycles. The molecule has 1 aromatic heterocycles. The Morgan fingerprint density at radius 3 is 2.82 bits per heavy atom. The third-order valence-corrected chi connectivity index (χ3v) is 3.45. The topological polar surface area (TPSA) is 80.4 Å². The predicted molar refractivity (Wildman–Crippen MR) is 58.5 cm³/mol. The van der Waals surface area contributed by atoms with Crippen molar-refractivity contribution < 1.29 is 14.4 Å². The fraction of sp³-hybridized carbons (Fsp3) is 0.818.